The van der Waals surface area contributed by atoms with E-state index in [1.54, 1.807) is 19.9 Å². The van der Waals surface area contributed by atoms with Crippen LogP contribution in [0.25, 0.3) is 0 Å². The molecular weight excluding hydrogens is 302 g/mol. The zero-order valence-electron chi connectivity index (χ0n) is 12.6. The van der Waals surface area contributed by atoms with Gasteiger partial charge in [-0.3, -0.25) is 0 Å². The maximum Gasteiger partial charge on any atom is 0.246 e. The van der Waals surface area contributed by atoms with Crippen LogP contribution in [-0.4, -0.2) is 13.6 Å². The first-order valence-corrected chi connectivity index (χ1v) is 8.70. The zero-order valence-corrected chi connectivity index (χ0v) is 13.4. The number of aryl methyl sites for hydroxylation is 3. The van der Waals surface area contributed by atoms with Crippen molar-refractivity contribution in [3.05, 3.63) is 40.8 Å². The van der Waals surface area contributed by atoms with Gasteiger partial charge in [-0.1, -0.05) is 11.2 Å². The predicted octanol–water partition coefficient (Wildman–Crippen LogP) is 2.23. The topological polar surface area (TPSA) is 98.2 Å². The summed E-state index contributed by atoms with van der Waals surface area (Å²) < 4.78 is 33.0. The molecule has 1 aliphatic carbocycles. The normalized spacial score (nSPS) is 18.2. The number of hydrogen-bond acceptors (Lipinski definition) is 5. The van der Waals surface area contributed by atoms with Crippen molar-refractivity contribution in [2.24, 2.45) is 0 Å². The van der Waals surface area contributed by atoms with Gasteiger partial charge in [0.1, 0.15) is 10.6 Å². The van der Waals surface area contributed by atoms with Crippen molar-refractivity contribution in [3.63, 3.8) is 0 Å². The summed E-state index contributed by atoms with van der Waals surface area (Å²) in [6.45, 7) is 3.23. The second-order valence-corrected chi connectivity index (χ2v) is 7.33. The molecule has 7 heteroatoms. The van der Waals surface area contributed by atoms with E-state index in [-0.39, 0.29) is 10.9 Å². The van der Waals surface area contributed by atoms with E-state index in [1.807, 2.05) is 12.1 Å². The fraction of sp³-hybridized carbons (Fsp3) is 0.400. The van der Waals surface area contributed by atoms with Crippen LogP contribution in [-0.2, 0) is 16.4 Å². The van der Waals surface area contributed by atoms with Crippen LogP contribution in [0.2, 0.25) is 0 Å². The van der Waals surface area contributed by atoms with Gasteiger partial charge in [-0.2, -0.15) is 0 Å². The molecule has 3 rings (SSSR count). The fourth-order valence-electron chi connectivity index (χ4n) is 3.06. The van der Waals surface area contributed by atoms with Gasteiger partial charge >= 0.3 is 0 Å². The van der Waals surface area contributed by atoms with Crippen molar-refractivity contribution in [2.45, 2.75) is 44.0 Å². The fourth-order valence-corrected chi connectivity index (χ4v) is 4.64. The molecule has 0 radical (unpaired) electrons. The first-order chi connectivity index (χ1) is 10.4. The number of hydrogen-bond donors (Lipinski definition) is 2. The summed E-state index contributed by atoms with van der Waals surface area (Å²) >= 11 is 0. The summed E-state index contributed by atoms with van der Waals surface area (Å²) in [5.41, 5.74) is 8.99. The number of anilines is 1. The second kappa shape index (κ2) is 5.40. The second-order valence-electron chi connectivity index (χ2n) is 5.68. The standard InChI is InChI=1S/C15H19N3O3S/c1-9-15(10(2)21-17-9)22(19,20)18-14-5-3-4-11-8-12(16)6-7-13(11)14/h6-8,14,18H,3-5,16H2,1-2H3. The van der Waals surface area contributed by atoms with Gasteiger partial charge in [0, 0.05) is 11.7 Å². The molecule has 0 aliphatic heterocycles. The lowest BCUT2D eigenvalue weighted by Gasteiger charge is -2.26. The molecule has 2 aromatic rings. The molecule has 1 unspecified atom stereocenters. The Kier molecular flexibility index (Phi) is 3.70. The maximum atomic E-state index is 12.6. The van der Waals surface area contributed by atoms with E-state index in [2.05, 4.69) is 9.88 Å². The Morgan fingerprint density at radius 1 is 1.36 bits per heavy atom. The van der Waals surface area contributed by atoms with E-state index in [1.165, 1.54) is 0 Å². The predicted molar refractivity (Wildman–Crippen MR) is 82.8 cm³/mol. The number of nitrogens with two attached hydrogens (primary N) is 1. The smallest absolute Gasteiger partial charge is 0.246 e. The van der Waals surface area contributed by atoms with Crippen LogP contribution in [0.4, 0.5) is 5.69 Å². The molecule has 1 aliphatic rings. The quantitative estimate of drug-likeness (QED) is 0.845. The lowest BCUT2D eigenvalue weighted by molar-refractivity contribution is 0.390. The van der Waals surface area contributed by atoms with E-state index < -0.39 is 10.0 Å². The Balaban J connectivity index is 1.95. The number of rotatable bonds is 3. The molecule has 1 aromatic heterocycles. The minimum atomic E-state index is -3.67. The summed E-state index contributed by atoms with van der Waals surface area (Å²) in [5, 5.41) is 3.72. The molecule has 118 valence electrons. The molecule has 0 fully saturated rings. The average Bonchev–Trinajstić information content (AvgIpc) is 2.78. The molecule has 6 nitrogen and oxygen atoms in total. The molecule has 1 atom stereocenters. The van der Waals surface area contributed by atoms with Crippen LogP contribution in [0.5, 0.6) is 0 Å². The minimum absolute atomic E-state index is 0.134. The van der Waals surface area contributed by atoms with Crippen molar-refractivity contribution in [1.29, 1.82) is 0 Å². The van der Waals surface area contributed by atoms with E-state index >= 15 is 0 Å². The summed E-state index contributed by atoms with van der Waals surface area (Å²) in [7, 11) is -3.67. The van der Waals surface area contributed by atoms with Crippen molar-refractivity contribution in [1.82, 2.24) is 9.88 Å². The van der Waals surface area contributed by atoms with Gasteiger partial charge in [-0.05, 0) is 56.4 Å². The summed E-state index contributed by atoms with van der Waals surface area (Å²) in [4.78, 5) is 0.134. The Hall–Kier alpha value is -1.86. The Labute approximate surface area is 129 Å². The van der Waals surface area contributed by atoms with Gasteiger partial charge in [0.15, 0.2) is 5.76 Å². The number of nitrogen functional groups attached to an aromatic ring is 1. The minimum Gasteiger partial charge on any atom is -0.399 e. The molecule has 0 amide bonds. The summed E-state index contributed by atoms with van der Waals surface area (Å²) in [6.07, 6.45) is 2.61. The molecule has 3 N–H and O–H groups in total. The van der Waals surface area contributed by atoms with Crippen LogP contribution < -0.4 is 10.5 Å². The SMILES string of the molecule is Cc1noc(C)c1S(=O)(=O)NC1CCCc2cc(N)ccc21. The highest BCUT2D eigenvalue weighted by molar-refractivity contribution is 7.89. The number of fused-ring (bicyclic) bond motifs is 1. The highest BCUT2D eigenvalue weighted by Gasteiger charge is 2.29. The third kappa shape index (κ3) is 2.62. The summed E-state index contributed by atoms with van der Waals surface area (Å²) in [6, 6.07) is 5.39. The maximum absolute atomic E-state index is 12.6. The lowest BCUT2D eigenvalue weighted by Crippen LogP contribution is -2.31. The molecular formula is C15H19N3O3S. The van der Waals surface area contributed by atoms with E-state index in [4.69, 9.17) is 10.3 Å². The van der Waals surface area contributed by atoms with Crippen molar-refractivity contribution >= 4 is 15.7 Å². The zero-order chi connectivity index (χ0) is 15.9. The first kappa shape index (κ1) is 15.1. The van der Waals surface area contributed by atoms with Gasteiger partial charge in [-0.15, -0.1) is 0 Å². The Morgan fingerprint density at radius 3 is 2.82 bits per heavy atom. The number of benzene rings is 1. The number of sulfonamides is 1. The molecule has 0 spiro atoms. The van der Waals surface area contributed by atoms with E-state index in [0.717, 1.165) is 30.4 Å². The Bertz CT molecular complexity index is 792. The third-order valence-electron chi connectivity index (χ3n) is 4.02. The monoisotopic (exact) mass is 321 g/mol. The van der Waals surface area contributed by atoms with Gasteiger partial charge in [-0.25, -0.2) is 13.1 Å². The van der Waals surface area contributed by atoms with Crippen LogP contribution in [0.15, 0.2) is 27.6 Å². The van der Waals surface area contributed by atoms with Crippen LogP contribution >= 0.6 is 0 Å². The van der Waals surface area contributed by atoms with E-state index in [0.29, 0.717) is 17.1 Å². The van der Waals surface area contributed by atoms with Gasteiger partial charge in [0.2, 0.25) is 10.0 Å². The first-order valence-electron chi connectivity index (χ1n) is 7.22. The van der Waals surface area contributed by atoms with Crippen LogP contribution in [0.1, 0.15) is 41.5 Å². The Morgan fingerprint density at radius 2 is 2.14 bits per heavy atom. The molecule has 0 bridgehead atoms. The van der Waals surface area contributed by atoms with Crippen molar-refractivity contribution < 1.29 is 12.9 Å². The highest BCUT2D eigenvalue weighted by Crippen LogP contribution is 2.32. The van der Waals surface area contributed by atoms with Gasteiger partial charge < -0.3 is 10.3 Å². The number of aromatic nitrogens is 1. The van der Waals surface area contributed by atoms with Crippen molar-refractivity contribution in [3.8, 4) is 0 Å². The van der Waals surface area contributed by atoms with Crippen LogP contribution in [0.3, 0.4) is 0 Å². The van der Waals surface area contributed by atoms with Gasteiger partial charge in [0.25, 0.3) is 0 Å². The molecule has 0 saturated heterocycles. The molecule has 0 saturated carbocycles. The molecule has 22 heavy (non-hydrogen) atoms. The molecule has 1 aromatic carbocycles. The molecule has 1 heterocycles. The summed E-state index contributed by atoms with van der Waals surface area (Å²) in [5.74, 6) is 0.304. The average molecular weight is 321 g/mol. The largest absolute Gasteiger partial charge is 0.399 e. The number of nitrogens with zero attached hydrogens (tertiary/aromatic N) is 1. The number of nitrogens with one attached hydrogen (secondary N) is 1. The highest BCUT2D eigenvalue weighted by atomic mass is 32.2. The third-order valence-corrected chi connectivity index (χ3v) is 5.73. The van der Waals surface area contributed by atoms with Gasteiger partial charge in [0.05, 0.1) is 0 Å². The lowest BCUT2D eigenvalue weighted by atomic mass is 9.88. The van der Waals surface area contributed by atoms with Crippen LogP contribution in [0, 0.1) is 13.8 Å². The van der Waals surface area contributed by atoms with E-state index in [9.17, 15) is 8.42 Å². The van der Waals surface area contributed by atoms with Crippen molar-refractivity contribution in [2.75, 3.05) is 5.73 Å².